The maximum atomic E-state index is 12.3. The van der Waals surface area contributed by atoms with Gasteiger partial charge in [-0.1, -0.05) is 18.2 Å². The zero-order valence-corrected chi connectivity index (χ0v) is 14.4. The minimum Gasteiger partial charge on any atom is -0.497 e. The first-order valence-corrected chi connectivity index (χ1v) is 7.78. The van der Waals surface area contributed by atoms with E-state index in [1.54, 1.807) is 33.3 Å². The number of nitrogens with one attached hydrogen (secondary N) is 1. The van der Waals surface area contributed by atoms with Gasteiger partial charge < -0.3 is 19.5 Å². The lowest BCUT2D eigenvalue weighted by molar-refractivity contribution is -0.127. The van der Waals surface area contributed by atoms with Gasteiger partial charge in [-0.3, -0.25) is 4.79 Å². The first-order valence-electron chi connectivity index (χ1n) is 7.78. The van der Waals surface area contributed by atoms with E-state index in [-0.39, 0.29) is 11.9 Å². The van der Waals surface area contributed by atoms with Gasteiger partial charge in [-0.05, 0) is 43.7 Å². The van der Waals surface area contributed by atoms with E-state index in [0.29, 0.717) is 11.5 Å². The average Bonchev–Trinajstić information content (AvgIpc) is 2.61. The third-order valence-corrected chi connectivity index (χ3v) is 3.70. The molecule has 5 heteroatoms. The highest BCUT2D eigenvalue weighted by Gasteiger charge is 2.18. The summed E-state index contributed by atoms with van der Waals surface area (Å²) in [5, 5.41) is 2.95. The lowest BCUT2D eigenvalue weighted by Gasteiger charge is -2.19. The van der Waals surface area contributed by atoms with Gasteiger partial charge in [0.05, 0.1) is 20.3 Å². The zero-order chi connectivity index (χ0) is 17.5. The van der Waals surface area contributed by atoms with Gasteiger partial charge in [-0.25, -0.2) is 0 Å². The van der Waals surface area contributed by atoms with Gasteiger partial charge in [0.2, 0.25) is 0 Å². The summed E-state index contributed by atoms with van der Waals surface area (Å²) in [5.41, 5.74) is 0.998. The number of hydrogen-bond acceptors (Lipinski definition) is 4. The van der Waals surface area contributed by atoms with Crippen molar-refractivity contribution < 1.29 is 19.0 Å². The third kappa shape index (κ3) is 4.65. The van der Waals surface area contributed by atoms with E-state index < -0.39 is 6.10 Å². The maximum Gasteiger partial charge on any atom is 0.261 e. The van der Waals surface area contributed by atoms with Crippen molar-refractivity contribution in [2.45, 2.75) is 26.0 Å². The lowest BCUT2D eigenvalue weighted by atomic mass is 10.1. The van der Waals surface area contributed by atoms with Crippen LogP contribution in [0.15, 0.2) is 48.5 Å². The molecular formula is C19H23NO4. The second kappa shape index (κ2) is 8.24. The van der Waals surface area contributed by atoms with Crippen LogP contribution in [0.3, 0.4) is 0 Å². The Morgan fingerprint density at radius 1 is 0.917 bits per heavy atom. The van der Waals surface area contributed by atoms with Crippen LogP contribution in [0.25, 0.3) is 0 Å². The SMILES string of the molecule is COc1ccc([C@H](C)NC(=O)[C@@H](C)Oc2cccc(OC)c2)cc1. The Morgan fingerprint density at radius 3 is 2.17 bits per heavy atom. The number of hydrogen-bond donors (Lipinski definition) is 1. The minimum atomic E-state index is -0.613. The molecule has 0 unspecified atom stereocenters. The Bertz CT molecular complexity index is 669. The summed E-state index contributed by atoms with van der Waals surface area (Å²) in [6, 6.07) is 14.6. The van der Waals surface area contributed by atoms with Gasteiger partial charge >= 0.3 is 0 Å². The zero-order valence-electron chi connectivity index (χ0n) is 14.4. The molecule has 2 aromatic carbocycles. The van der Waals surface area contributed by atoms with Crippen LogP contribution in [0.4, 0.5) is 0 Å². The molecule has 1 amide bonds. The molecule has 0 aliphatic rings. The second-order valence-corrected chi connectivity index (χ2v) is 5.44. The van der Waals surface area contributed by atoms with E-state index in [2.05, 4.69) is 5.32 Å². The third-order valence-electron chi connectivity index (χ3n) is 3.70. The summed E-state index contributed by atoms with van der Waals surface area (Å²) in [6.07, 6.45) is -0.613. The van der Waals surface area contributed by atoms with Crippen molar-refractivity contribution in [3.05, 3.63) is 54.1 Å². The fourth-order valence-electron chi connectivity index (χ4n) is 2.24. The van der Waals surface area contributed by atoms with Crippen molar-refractivity contribution >= 4 is 5.91 Å². The molecule has 0 aliphatic heterocycles. The van der Waals surface area contributed by atoms with Gasteiger partial charge in [-0.2, -0.15) is 0 Å². The first kappa shape index (κ1) is 17.7. The van der Waals surface area contributed by atoms with Crippen LogP contribution in [-0.4, -0.2) is 26.2 Å². The van der Waals surface area contributed by atoms with Crippen LogP contribution in [0.5, 0.6) is 17.2 Å². The fourth-order valence-corrected chi connectivity index (χ4v) is 2.24. The molecule has 1 N–H and O–H groups in total. The monoisotopic (exact) mass is 329 g/mol. The average molecular weight is 329 g/mol. The molecule has 2 rings (SSSR count). The van der Waals surface area contributed by atoms with Gasteiger partial charge in [0, 0.05) is 6.07 Å². The molecule has 5 nitrogen and oxygen atoms in total. The first-order chi connectivity index (χ1) is 11.5. The number of benzene rings is 2. The molecule has 0 fully saturated rings. The Balaban J connectivity index is 1.94. The lowest BCUT2D eigenvalue weighted by Crippen LogP contribution is -2.37. The highest BCUT2D eigenvalue weighted by Crippen LogP contribution is 2.21. The second-order valence-electron chi connectivity index (χ2n) is 5.44. The topological polar surface area (TPSA) is 56.8 Å². The van der Waals surface area contributed by atoms with Crippen LogP contribution in [0.1, 0.15) is 25.5 Å². The molecule has 0 aliphatic carbocycles. The maximum absolute atomic E-state index is 12.3. The van der Waals surface area contributed by atoms with Crippen molar-refractivity contribution in [3.8, 4) is 17.2 Å². The van der Waals surface area contributed by atoms with Crippen molar-refractivity contribution in [1.82, 2.24) is 5.32 Å². The molecule has 0 heterocycles. The molecule has 0 saturated heterocycles. The van der Waals surface area contributed by atoms with Gasteiger partial charge in [0.25, 0.3) is 5.91 Å². The molecule has 2 atom stereocenters. The fraction of sp³-hybridized carbons (Fsp3) is 0.316. The molecule has 0 radical (unpaired) electrons. The normalized spacial score (nSPS) is 12.8. The van der Waals surface area contributed by atoms with Crippen molar-refractivity contribution in [2.24, 2.45) is 0 Å². The van der Waals surface area contributed by atoms with Crippen LogP contribution in [0, 0.1) is 0 Å². The number of carbonyl (C=O) groups is 1. The predicted molar refractivity (Wildman–Crippen MR) is 92.6 cm³/mol. The highest BCUT2D eigenvalue weighted by atomic mass is 16.5. The van der Waals surface area contributed by atoms with Gasteiger partial charge in [0.1, 0.15) is 17.2 Å². The molecule has 128 valence electrons. The largest absolute Gasteiger partial charge is 0.497 e. The molecule has 0 saturated carbocycles. The molecule has 0 spiro atoms. The minimum absolute atomic E-state index is 0.125. The Kier molecular flexibility index (Phi) is 6.07. The number of amides is 1. The smallest absolute Gasteiger partial charge is 0.261 e. The summed E-state index contributed by atoms with van der Waals surface area (Å²) in [4.78, 5) is 12.3. The molecule has 0 bridgehead atoms. The number of rotatable bonds is 7. The van der Waals surface area contributed by atoms with Crippen molar-refractivity contribution in [1.29, 1.82) is 0 Å². The van der Waals surface area contributed by atoms with Crippen molar-refractivity contribution in [3.63, 3.8) is 0 Å². The summed E-state index contributed by atoms with van der Waals surface area (Å²) >= 11 is 0. The molecule has 24 heavy (non-hydrogen) atoms. The molecular weight excluding hydrogens is 306 g/mol. The van der Waals surface area contributed by atoms with E-state index in [0.717, 1.165) is 11.3 Å². The molecule has 0 aromatic heterocycles. The Labute approximate surface area is 142 Å². The Morgan fingerprint density at radius 2 is 1.54 bits per heavy atom. The van der Waals surface area contributed by atoms with Crippen LogP contribution >= 0.6 is 0 Å². The number of methoxy groups -OCH3 is 2. The quantitative estimate of drug-likeness (QED) is 0.846. The number of ether oxygens (including phenoxy) is 3. The van der Waals surface area contributed by atoms with Gasteiger partial charge in [-0.15, -0.1) is 0 Å². The van der Waals surface area contributed by atoms with Crippen LogP contribution in [-0.2, 0) is 4.79 Å². The standard InChI is InChI=1S/C19H23NO4/c1-13(15-8-10-16(22-3)11-9-15)20-19(21)14(2)24-18-7-5-6-17(12-18)23-4/h5-14H,1-4H3,(H,20,21)/t13-,14+/m0/s1. The van der Waals surface area contributed by atoms with Gasteiger partial charge in [0.15, 0.2) is 6.10 Å². The summed E-state index contributed by atoms with van der Waals surface area (Å²) < 4.78 is 16.0. The highest BCUT2D eigenvalue weighted by molar-refractivity contribution is 5.81. The number of carbonyl (C=O) groups excluding carboxylic acids is 1. The summed E-state index contributed by atoms with van der Waals surface area (Å²) in [5.74, 6) is 1.88. The van der Waals surface area contributed by atoms with Crippen LogP contribution in [0.2, 0.25) is 0 Å². The van der Waals surface area contributed by atoms with E-state index in [4.69, 9.17) is 14.2 Å². The summed E-state index contributed by atoms with van der Waals surface area (Å²) in [7, 11) is 3.21. The van der Waals surface area contributed by atoms with E-state index in [9.17, 15) is 4.79 Å². The van der Waals surface area contributed by atoms with E-state index >= 15 is 0 Å². The molecule has 2 aromatic rings. The summed E-state index contributed by atoms with van der Waals surface area (Å²) in [6.45, 7) is 3.65. The predicted octanol–water partition coefficient (Wildman–Crippen LogP) is 3.35. The van der Waals surface area contributed by atoms with E-state index in [1.165, 1.54) is 0 Å². The van der Waals surface area contributed by atoms with Crippen molar-refractivity contribution in [2.75, 3.05) is 14.2 Å². The Hall–Kier alpha value is -2.69. The van der Waals surface area contributed by atoms with Crippen LogP contribution < -0.4 is 19.5 Å². The van der Waals surface area contributed by atoms with E-state index in [1.807, 2.05) is 43.3 Å².